The van der Waals surface area contributed by atoms with E-state index < -0.39 is 4.92 Å². The maximum Gasteiger partial charge on any atom is 0.386 e. The summed E-state index contributed by atoms with van der Waals surface area (Å²) in [5, 5.41) is 10.5. The summed E-state index contributed by atoms with van der Waals surface area (Å²) in [5.41, 5.74) is 6.46. The third-order valence-electron chi connectivity index (χ3n) is 2.43. The van der Waals surface area contributed by atoms with Gasteiger partial charge in [0.15, 0.2) is 6.20 Å². The van der Waals surface area contributed by atoms with Crippen molar-refractivity contribution in [3.63, 3.8) is 0 Å². The molecule has 0 bridgehead atoms. The van der Waals surface area contributed by atoms with Crippen LogP contribution in [0.4, 0.5) is 17.2 Å². The van der Waals surface area contributed by atoms with Gasteiger partial charge in [0.05, 0.1) is 18.9 Å². The Morgan fingerprint density at radius 1 is 1.44 bits per heavy atom. The number of nitrogen functional groups attached to an aromatic ring is 1. The second kappa shape index (κ2) is 6.75. The monoisotopic (exact) mass is 254 g/mol. The van der Waals surface area contributed by atoms with Gasteiger partial charge in [-0.05, 0) is 16.0 Å². The molecule has 0 radical (unpaired) electrons. The highest BCUT2D eigenvalue weighted by Crippen LogP contribution is 2.24. The third-order valence-corrected chi connectivity index (χ3v) is 2.43. The number of ether oxygens (including phenoxy) is 1. The fourth-order valence-corrected chi connectivity index (χ4v) is 1.61. The van der Waals surface area contributed by atoms with Crippen molar-refractivity contribution in [1.82, 2.24) is 4.98 Å². The summed E-state index contributed by atoms with van der Waals surface area (Å²) in [7, 11) is 0. The van der Waals surface area contributed by atoms with E-state index >= 15 is 0 Å². The lowest BCUT2D eigenvalue weighted by Crippen LogP contribution is -2.36. The van der Waals surface area contributed by atoms with E-state index in [0.717, 1.165) is 18.8 Å². The van der Waals surface area contributed by atoms with E-state index in [4.69, 9.17) is 10.5 Å². The zero-order valence-electron chi connectivity index (χ0n) is 10.6. The number of morpholine rings is 1. The van der Waals surface area contributed by atoms with Gasteiger partial charge in [-0.2, -0.15) is 0 Å². The summed E-state index contributed by atoms with van der Waals surface area (Å²) < 4.78 is 5.21. The molecule has 7 heteroatoms. The Labute approximate surface area is 106 Å². The van der Waals surface area contributed by atoms with Gasteiger partial charge in [-0.3, -0.25) is 0 Å². The minimum Gasteiger partial charge on any atom is -0.392 e. The molecular weight excluding hydrogens is 236 g/mol. The first-order valence-corrected chi connectivity index (χ1v) is 5.91. The Morgan fingerprint density at radius 3 is 2.56 bits per heavy atom. The van der Waals surface area contributed by atoms with Crippen molar-refractivity contribution < 1.29 is 9.66 Å². The van der Waals surface area contributed by atoms with Crippen LogP contribution in [-0.2, 0) is 4.74 Å². The molecule has 1 aromatic rings. The Kier molecular flexibility index (Phi) is 5.31. The molecule has 0 spiro atoms. The predicted molar refractivity (Wildman–Crippen MR) is 69.7 cm³/mol. The van der Waals surface area contributed by atoms with Gasteiger partial charge >= 0.3 is 5.82 Å². The molecule has 1 aliphatic rings. The molecule has 0 atom stereocenters. The summed E-state index contributed by atoms with van der Waals surface area (Å²) in [4.78, 5) is 15.7. The number of nitrogens with two attached hydrogens (primary N) is 1. The average molecular weight is 254 g/mol. The molecule has 0 amide bonds. The number of nitrogens with zero attached hydrogens (tertiary/aromatic N) is 3. The highest BCUT2D eigenvalue weighted by Gasteiger charge is 2.18. The minimum atomic E-state index is -0.585. The van der Waals surface area contributed by atoms with Crippen LogP contribution in [0.2, 0.25) is 0 Å². The van der Waals surface area contributed by atoms with E-state index in [-0.39, 0.29) is 11.5 Å². The number of rotatable bonds is 2. The van der Waals surface area contributed by atoms with E-state index in [1.807, 2.05) is 18.7 Å². The molecule has 18 heavy (non-hydrogen) atoms. The fraction of sp³-hybridized carbons (Fsp3) is 0.545. The van der Waals surface area contributed by atoms with Gasteiger partial charge in [-0.1, -0.05) is 13.8 Å². The average Bonchev–Trinajstić information content (AvgIpc) is 2.41. The molecule has 2 heterocycles. The molecule has 0 aliphatic carbocycles. The molecule has 1 fully saturated rings. The third kappa shape index (κ3) is 3.30. The van der Waals surface area contributed by atoms with E-state index in [1.165, 1.54) is 6.20 Å². The van der Waals surface area contributed by atoms with Crippen LogP contribution in [0.25, 0.3) is 0 Å². The lowest BCUT2D eigenvalue weighted by atomic mass is 10.3. The number of nitro groups is 1. The zero-order valence-corrected chi connectivity index (χ0v) is 10.6. The molecule has 0 saturated carbocycles. The van der Waals surface area contributed by atoms with Crippen molar-refractivity contribution in [2.75, 3.05) is 36.9 Å². The fourth-order valence-electron chi connectivity index (χ4n) is 1.61. The van der Waals surface area contributed by atoms with Crippen LogP contribution in [0.1, 0.15) is 13.8 Å². The van der Waals surface area contributed by atoms with Crippen LogP contribution in [0.3, 0.4) is 0 Å². The molecule has 100 valence electrons. The van der Waals surface area contributed by atoms with E-state index in [2.05, 4.69) is 4.98 Å². The maximum absolute atomic E-state index is 10.5. The first-order valence-electron chi connectivity index (χ1n) is 5.91. The zero-order chi connectivity index (χ0) is 13.5. The van der Waals surface area contributed by atoms with Crippen molar-refractivity contribution in [3.05, 3.63) is 22.4 Å². The minimum absolute atomic E-state index is 0.0917. The van der Waals surface area contributed by atoms with Gasteiger partial charge in [0.25, 0.3) is 0 Å². The number of hydrogen-bond donors (Lipinski definition) is 1. The number of hydrogen-bond acceptors (Lipinski definition) is 6. The molecule has 7 nitrogen and oxygen atoms in total. The van der Waals surface area contributed by atoms with Crippen molar-refractivity contribution in [2.24, 2.45) is 0 Å². The first-order chi connectivity index (χ1) is 8.68. The first kappa shape index (κ1) is 14.2. The van der Waals surface area contributed by atoms with Gasteiger partial charge in [-0.15, -0.1) is 0 Å². The second-order valence-corrected chi connectivity index (χ2v) is 3.46. The molecule has 0 aromatic carbocycles. The number of anilines is 2. The van der Waals surface area contributed by atoms with Gasteiger partial charge in [0, 0.05) is 13.1 Å². The number of aromatic nitrogens is 1. The standard InChI is InChI=1S/C9H12N4O3.C2H6/c10-8-5-7(6-11-9(8)13(14)15)12-1-3-16-4-2-12;1-2/h5-6H,1-4,10H2;1-2H3. The number of pyridine rings is 1. The van der Waals surface area contributed by atoms with Crippen LogP contribution < -0.4 is 10.6 Å². The van der Waals surface area contributed by atoms with Crippen molar-refractivity contribution in [1.29, 1.82) is 0 Å². The van der Waals surface area contributed by atoms with Gasteiger partial charge < -0.3 is 25.5 Å². The van der Waals surface area contributed by atoms with E-state index in [0.29, 0.717) is 13.2 Å². The van der Waals surface area contributed by atoms with Gasteiger partial charge in [0.2, 0.25) is 0 Å². The lowest BCUT2D eigenvalue weighted by Gasteiger charge is -2.27. The Bertz CT molecular complexity index is 405. The topological polar surface area (TPSA) is 94.5 Å². The van der Waals surface area contributed by atoms with Crippen LogP contribution in [0.15, 0.2) is 12.3 Å². The van der Waals surface area contributed by atoms with Crippen molar-refractivity contribution >= 4 is 17.2 Å². The molecule has 1 aliphatic heterocycles. The molecule has 2 N–H and O–H groups in total. The normalized spacial score (nSPS) is 14.7. The molecule has 2 rings (SSSR count). The van der Waals surface area contributed by atoms with Crippen LogP contribution in [-0.4, -0.2) is 36.2 Å². The summed E-state index contributed by atoms with van der Waals surface area (Å²) in [6, 6.07) is 1.58. The molecule has 1 saturated heterocycles. The Balaban J connectivity index is 0.000000771. The summed E-state index contributed by atoms with van der Waals surface area (Å²) in [6.45, 7) is 6.80. The van der Waals surface area contributed by atoms with Crippen LogP contribution in [0, 0.1) is 10.1 Å². The molecule has 0 unspecified atom stereocenters. The SMILES string of the molecule is CC.Nc1cc(N2CCOCC2)cnc1[N+](=O)[O-]. The van der Waals surface area contributed by atoms with Gasteiger partial charge in [-0.25, -0.2) is 0 Å². The maximum atomic E-state index is 10.5. The highest BCUT2D eigenvalue weighted by atomic mass is 16.6. The summed E-state index contributed by atoms with van der Waals surface area (Å²) in [6.07, 6.45) is 1.47. The predicted octanol–water partition coefficient (Wildman–Crippen LogP) is 1.43. The van der Waals surface area contributed by atoms with Crippen LogP contribution in [0.5, 0.6) is 0 Å². The van der Waals surface area contributed by atoms with E-state index in [1.54, 1.807) is 6.07 Å². The summed E-state index contributed by atoms with van der Waals surface area (Å²) in [5.74, 6) is -0.294. The molecule has 1 aromatic heterocycles. The lowest BCUT2D eigenvalue weighted by molar-refractivity contribution is -0.388. The van der Waals surface area contributed by atoms with Crippen molar-refractivity contribution in [3.8, 4) is 0 Å². The Hall–Kier alpha value is -1.89. The summed E-state index contributed by atoms with van der Waals surface area (Å²) >= 11 is 0. The second-order valence-electron chi connectivity index (χ2n) is 3.46. The Morgan fingerprint density at radius 2 is 2.06 bits per heavy atom. The van der Waals surface area contributed by atoms with Crippen molar-refractivity contribution in [2.45, 2.75) is 13.8 Å². The molecular formula is C11H18N4O3. The van der Waals surface area contributed by atoms with E-state index in [9.17, 15) is 10.1 Å². The highest BCUT2D eigenvalue weighted by molar-refractivity contribution is 5.62. The quantitative estimate of drug-likeness (QED) is 0.633. The van der Waals surface area contributed by atoms with Gasteiger partial charge in [0.1, 0.15) is 5.69 Å². The van der Waals surface area contributed by atoms with Crippen LogP contribution >= 0.6 is 0 Å². The smallest absolute Gasteiger partial charge is 0.386 e. The largest absolute Gasteiger partial charge is 0.392 e.